The third-order valence-corrected chi connectivity index (χ3v) is 3.92. The molecule has 7 nitrogen and oxygen atoms in total. The van der Waals surface area contributed by atoms with E-state index in [1.165, 1.54) is 4.90 Å². The van der Waals surface area contributed by atoms with Crippen molar-refractivity contribution in [2.45, 2.75) is 51.2 Å². The molecule has 2 aliphatic rings. The number of rotatable bonds is 6. The lowest BCUT2D eigenvalue weighted by Gasteiger charge is -2.28. The second kappa shape index (κ2) is 7.92. The Morgan fingerprint density at radius 3 is 2.78 bits per heavy atom. The van der Waals surface area contributed by atoms with E-state index in [2.05, 4.69) is 13.8 Å². The summed E-state index contributed by atoms with van der Waals surface area (Å²) in [5.74, 6) is 0.0604. The molecule has 0 radical (unpaired) electrons. The Hall–Kier alpha value is -1.41. The number of carbonyl (C=O) groups is 1. The van der Waals surface area contributed by atoms with E-state index in [-0.39, 0.29) is 6.61 Å². The van der Waals surface area contributed by atoms with Crippen LogP contribution in [0.1, 0.15) is 26.7 Å². The van der Waals surface area contributed by atoms with Gasteiger partial charge in [0.05, 0.1) is 18.8 Å². The van der Waals surface area contributed by atoms with Crippen molar-refractivity contribution in [3.63, 3.8) is 0 Å². The van der Waals surface area contributed by atoms with Gasteiger partial charge in [0, 0.05) is 18.8 Å². The van der Waals surface area contributed by atoms with Gasteiger partial charge in [0.1, 0.15) is 18.3 Å². The molecule has 1 saturated heterocycles. The van der Waals surface area contributed by atoms with Crippen LogP contribution in [0.4, 0.5) is 0 Å². The normalized spacial score (nSPS) is 30.7. The maximum atomic E-state index is 12.1. The van der Waals surface area contributed by atoms with Crippen molar-refractivity contribution in [1.29, 1.82) is 0 Å². The topological polar surface area (TPSA) is 99.5 Å². The van der Waals surface area contributed by atoms with Gasteiger partial charge in [0.25, 0.3) is 0 Å². The molecule has 0 bridgehead atoms. The van der Waals surface area contributed by atoms with Gasteiger partial charge in [-0.25, -0.2) is 4.79 Å². The smallest absolute Gasteiger partial charge is 0.335 e. The van der Waals surface area contributed by atoms with E-state index in [1.807, 2.05) is 0 Å². The Labute approximate surface area is 135 Å². The highest BCUT2D eigenvalue weighted by atomic mass is 16.6. The molecule has 0 aliphatic carbocycles. The highest BCUT2D eigenvalue weighted by Gasteiger charge is 2.44. The summed E-state index contributed by atoms with van der Waals surface area (Å²) in [4.78, 5) is 13.6. The van der Waals surface area contributed by atoms with E-state index in [1.54, 1.807) is 18.5 Å². The molecule has 23 heavy (non-hydrogen) atoms. The first kappa shape index (κ1) is 17.9. The molecular formula is C16H25NO6. The lowest BCUT2D eigenvalue weighted by Crippen LogP contribution is -2.40. The van der Waals surface area contributed by atoms with Crippen molar-refractivity contribution in [3.05, 3.63) is 24.0 Å². The molecule has 4 atom stereocenters. The number of aliphatic hydroxyl groups is 3. The fourth-order valence-corrected chi connectivity index (χ4v) is 2.48. The summed E-state index contributed by atoms with van der Waals surface area (Å²) in [6.07, 6.45) is 2.17. The minimum absolute atomic E-state index is 0.366. The molecule has 2 aliphatic heterocycles. The van der Waals surface area contributed by atoms with Crippen LogP contribution in [0.25, 0.3) is 0 Å². The van der Waals surface area contributed by atoms with Gasteiger partial charge >= 0.3 is 5.97 Å². The third-order valence-electron chi connectivity index (χ3n) is 3.92. The molecular weight excluding hydrogens is 302 g/mol. The highest BCUT2D eigenvalue weighted by molar-refractivity contribution is 5.88. The number of allylic oxidation sites excluding steroid dienone is 1. The highest BCUT2D eigenvalue weighted by Crippen LogP contribution is 2.27. The minimum atomic E-state index is -1.18. The van der Waals surface area contributed by atoms with Crippen molar-refractivity contribution in [2.24, 2.45) is 5.92 Å². The summed E-state index contributed by atoms with van der Waals surface area (Å²) in [5, 5.41) is 29.0. The molecule has 1 fully saturated rings. The number of esters is 1. The summed E-state index contributed by atoms with van der Waals surface area (Å²) in [5.41, 5.74) is 0.453. The van der Waals surface area contributed by atoms with E-state index in [9.17, 15) is 15.0 Å². The maximum Gasteiger partial charge on any atom is 0.335 e. The van der Waals surface area contributed by atoms with E-state index >= 15 is 0 Å². The van der Waals surface area contributed by atoms with Crippen molar-refractivity contribution in [1.82, 2.24) is 4.90 Å². The van der Waals surface area contributed by atoms with Crippen LogP contribution in [0.2, 0.25) is 0 Å². The maximum absolute atomic E-state index is 12.1. The van der Waals surface area contributed by atoms with Crippen molar-refractivity contribution in [3.8, 4) is 0 Å². The second-order valence-electron chi connectivity index (χ2n) is 6.24. The van der Waals surface area contributed by atoms with Crippen LogP contribution >= 0.6 is 0 Å². The van der Waals surface area contributed by atoms with Crippen LogP contribution < -0.4 is 0 Å². The van der Waals surface area contributed by atoms with Gasteiger partial charge in [0.15, 0.2) is 6.23 Å². The van der Waals surface area contributed by atoms with Gasteiger partial charge in [-0.3, -0.25) is 0 Å². The SMILES string of the molecule is CC(C)CCOC(=O)C1=CN([C@@H]2O[C@H](CO)[C@H](O)C2O)C=CC1. The Morgan fingerprint density at radius 2 is 2.17 bits per heavy atom. The molecule has 0 spiro atoms. The number of nitrogens with zero attached hydrogens (tertiary/aromatic N) is 1. The molecule has 0 aromatic rings. The molecule has 3 N–H and O–H groups in total. The van der Waals surface area contributed by atoms with Crippen LogP contribution in [0, 0.1) is 5.92 Å². The first-order valence-corrected chi connectivity index (χ1v) is 7.88. The van der Waals surface area contributed by atoms with Crippen LogP contribution in [0.15, 0.2) is 24.0 Å². The van der Waals surface area contributed by atoms with Gasteiger partial charge in [-0.1, -0.05) is 19.9 Å². The van der Waals surface area contributed by atoms with Crippen LogP contribution in [0.5, 0.6) is 0 Å². The number of hydrogen-bond acceptors (Lipinski definition) is 7. The predicted molar refractivity (Wildman–Crippen MR) is 81.9 cm³/mol. The Bertz CT molecular complexity index is 475. The van der Waals surface area contributed by atoms with E-state index in [0.29, 0.717) is 24.5 Å². The van der Waals surface area contributed by atoms with Crippen molar-refractivity contribution < 1.29 is 29.6 Å². The van der Waals surface area contributed by atoms with Gasteiger partial charge < -0.3 is 29.7 Å². The zero-order chi connectivity index (χ0) is 17.0. The summed E-state index contributed by atoms with van der Waals surface area (Å²) in [7, 11) is 0. The molecule has 2 rings (SSSR count). The molecule has 1 unspecified atom stereocenters. The fraction of sp³-hybridized carbons (Fsp3) is 0.688. The Morgan fingerprint density at radius 1 is 1.43 bits per heavy atom. The third kappa shape index (κ3) is 4.32. The molecule has 0 aromatic heterocycles. The minimum Gasteiger partial charge on any atom is -0.462 e. The molecule has 130 valence electrons. The average molecular weight is 327 g/mol. The van der Waals surface area contributed by atoms with Crippen LogP contribution in [-0.2, 0) is 14.3 Å². The first-order chi connectivity index (χ1) is 10.9. The number of carbonyl (C=O) groups excluding carboxylic acids is 1. The summed E-state index contributed by atoms with van der Waals surface area (Å²) in [6.45, 7) is 4.09. The first-order valence-electron chi connectivity index (χ1n) is 7.88. The van der Waals surface area contributed by atoms with E-state index in [4.69, 9.17) is 14.6 Å². The van der Waals surface area contributed by atoms with Gasteiger partial charge in [0.2, 0.25) is 0 Å². The lowest BCUT2D eigenvalue weighted by molar-refractivity contribution is -0.139. The molecule has 0 saturated carbocycles. The van der Waals surface area contributed by atoms with E-state index < -0.39 is 30.5 Å². The summed E-state index contributed by atoms with van der Waals surface area (Å²) in [6, 6.07) is 0. The largest absolute Gasteiger partial charge is 0.462 e. The van der Waals surface area contributed by atoms with Gasteiger partial charge in [-0.15, -0.1) is 0 Å². The monoisotopic (exact) mass is 327 g/mol. The Balaban J connectivity index is 1.98. The van der Waals surface area contributed by atoms with Crippen LogP contribution in [-0.4, -0.2) is 63.9 Å². The number of ether oxygens (including phenoxy) is 2. The van der Waals surface area contributed by atoms with Gasteiger partial charge in [-0.2, -0.15) is 0 Å². The zero-order valence-electron chi connectivity index (χ0n) is 13.5. The fourth-order valence-electron chi connectivity index (χ4n) is 2.48. The summed E-state index contributed by atoms with van der Waals surface area (Å²) >= 11 is 0. The number of aliphatic hydroxyl groups excluding tert-OH is 3. The molecule has 7 heteroatoms. The molecule has 0 amide bonds. The predicted octanol–water partition coefficient (Wildman–Crippen LogP) is 0.118. The Kier molecular flexibility index (Phi) is 6.17. The average Bonchev–Trinajstić information content (AvgIpc) is 2.82. The number of hydrogen-bond donors (Lipinski definition) is 3. The second-order valence-corrected chi connectivity index (χ2v) is 6.24. The van der Waals surface area contributed by atoms with Crippen LogP contribution in [0.3, 0.4) is 0 Å². The van der Waals surface area contributed by atoms with Crippen molar-refractivity contribution in [2.75, 3.05) is 13.2 Å². The zero-order valence-corrected chi connectivity index (χ0v) is 13.5. The van der Waals surface area contributed by atoms with Crippen molar-refractivity contribution >= 4 is 5.97 Å². The molecule has 0 aromatic carbocycles. The summed E-state index contributed by atoms with van der Waals surface area (Å²) < 4.78 is 10.7. The quantitative estimate of drug-likeness (QED) is 0.596. The standard InChI is InChI=1S/C16H25NO6/c1-10(2)5-7-22-16(21)11-4-3-6-17(8-11)15-14(20)13(19)12(9-18)23-15/h3,6,8,10,12-15,18-20H,4-5,7,9H2,1-2H3/t12-,13+,14?,15-/m1/s1. The molecule has 2 heterocycles. The van der Waals surface area contributed by atoms with E-state index in [0.717, 1.165) is 6.42 Å². The lowest BCUT2D eigenvalue weighted by atomic mass is 10.1. The van der Waals surface area contributed by atoms with Gasteiger partial charge in [-0.05, 0) is 12.3 Å².